The highest BCUT2D eigenvalue weighted by Crippen LogP contribution is 2.21. The predicted molar refractivity (Wildman–Crippen MR) is 84.6 cm³/mol. The molecule has 0 aliphatic carbocycles. The molecule has 1 aromatic heterocycles. The summed E-state index contributed by atoms with van der Waals surface area (Å²) in [5.74, 6) is 0.610. The Labute approximate surface area is 126 Å². The van der Waals surface area contributed by atoms with Gasteiger partial charge < -0.3 is 19.7 Å². The van der Waals surface area contributed by atoms with E-state index in [9.17, 15) is 0 Å². The van der Waals surface area contributed by atoms with Gasteiger partial charge in [-0.15, -0.1) is 11.3 Å². The Balaban J connectivity index is 2.51. The number of hydrogen-bond donors (Lipinski definition) is 1. The molecule has 1 heterocycles. The molecule has 0 spiro atoms. The van der Waals surface area contributed by atoms with Crippen molar-refractivity contribution in [1.82, 2.24) is 10.3 Å². The van der Waals surface area contributed by atoms with Gasteiger partial charge >= 0.3 is 0 Å². The fourth-order valence-corrected chi connectivity index (χ4v) is 2.68. The number of aromatic nitrogens is 1. The molecule has 116 valence electrons. The Kier molecular flexibility index (Phi) is 8.77. The smallest absolute Gasteiger partial charge is 0.185 e. The van der Waals surface area contributed by atoms with E-state index in [2.05, 4.69) is 29.4 Å². The van der Waals surface area contributed by atoms with E-state index < -0.39 is 0 Å². The van der Waals surface area contributed by atoms with Crippen molar-refractivity contribution in [1.29, 1.82) is 0 Å². The van der Waals surface area contributed by atoms with E-state index in [0.29, 0.717) is 5.92 Å². The molecular formula is C14H27N3O2S. The Morgan fingerprint density at radius 3 is 2.70 bits per heavy atom. The second-order valence-corrected chi connectivity index (χ2v) is 5.96. The molecule has 1 aromatic rings. The van der Waals surface area contributed by atoms with Crippen molar-refractivity contribution in [3.63, 3.8) is 0 Å². The maximum Gasteiger partial charge on any atom is 0.185 e. The van der Waals surface area contributed by atoms with Crippen LogP contribution in [0.3, 0.4) is 0 Å². The first-order valence-electron chi connectivity index (χ1n) is 7.05. The molecule has 0 saturated heterocycles. The zero-order chi connectivity index (χ0) is 14.8. The molecule has 0 aliphatic heterocycles. The third-order valence-corrected chi connectivity index (χ3v) is 3.70. The van der Waals surface area contributed by atoms with Crippen molar-refractivity contribution in [3.05, 3.63) is 11.1 Å². The van der Waals surface area contributed by atoms with Crippen molar-refractivity contribution in [3.8, 4) is 0 Å². The maximum atomic E-state index is 5.18. The third kappa shape index (κ3) is 6.65. The van der Waals surface area contributed by atoms with Gasteiger partial charge in [-0.2, -0.15) is 0 Å². The first kappa shape index (κ1) is 17.4. The number of nitrogens with zero attached hydrogens (tertiary/aromatic N) is 2. The van der Waals surface area contributed by atoms with Crippen LogP contribution in [-0.2, 0) is 16.0 Å². The number of ether oxygens (including phenoxy) is 2. The van der Waals surface area contributed by atoms with Gasteiger partial charge in [0.2, 0.25) is 0 Å². The van der Waals surface area contributed by atoms with Crippen LogP contribution in [0.1, 0.15) is 19.5 Å². The zero-order valence-corrected chi connectivity index (χ0v) is 13.8. The molecule has 0 bridgehead atoms. The molecule has 0 unspecified atom stereocenters. The summed E-state index contributed by atoms with van der Waals surface area (Å²) in [5, 5.41) is 6.52. The van der Waals surface area contributed by atoms with Gasteiger partial charge in [0.25, 0.3) is 0 Å². The van der Waals surface area contributed by atoms with Crippen molar-refractivity contribution in [2.75, 3.05) is 52.0 Å². The number of methoxy groups -OCH3 is 2. The van der Waals surface area contributed by atoms with Crippen molar-refractivity contribution < 1.29 is 9.47 Å². The van der Waals surface area contributed by atoms with Crippen molar-refractivity contribution in [2.24, 2.45) is 5.92 Å². The average molecular weight is 301 g/mol. The van der Waals surface area contributed by atoms with Crippen molar-refractivity contribution in [2.45, 2.75) is 20.4 Å². The van der Waals surface area contributed by atoms with Gasteiger partial charge in [0.1, 0.15) is 0 Å². The monoisotopic (exact) mass is 301 g/mol. The molecule has 0 aromatic carbocycles. The fraction of sp³-hybridized carbons (Fsp3) is 0.786. The lowest BCUT2D eigenvalue weighted by Crippen LogP contribution is -2.31. The first-order valence-corrected chi connectivity index (χ1v) is 7.93. The Bertz CT molecular complexity index is 358. The molecule has 0 saturated carbocycles. The summed E-state index contributed by atoms with van der Waals surface area (Å²) >= 11 is 1.70. The molecule has 6 heteroatoms. The highest BCUT2D eigenvalue weighted by molar-refractivity contribution is 7.13. The van der Waals surface area contributed by atoms with Crippen LogP contribution in [0.15, 0.2) is 5.38 Å². The van der Waals surface area contributed by atoms with Crippen molar-refractivity contribution >= 4 is 16.5 Å². The second-order valence-electron chi connectivity index (χ2n) is 5.12. The third-order valence-electron chi connectivity index (χ3n) is 2.75. The molecule has 0 fully saturated rings. The number of anilines is 1. The lowest BCUT2D eigenvalue weighted by atomic mass is 10.2. The van der Waals surface area contributed by atoms with E-state index in [1.165, 1.54) is 0 Å². The summed E-state index contributed by atoms with van der Waals surface area (Å²) in [6.45, 7) is 9.44. The van der Waals surface area contributed by atoms with Gasteiger partial charge in [0.05, 0.1) is 18.9 Å². The van der Waals surface area contributed by atoms with Crippen LogP contribution in [0.2, 0.25) is 0 Å². The Hall–Kier alpha value is -0.690. The van der Waals surface area contributed by atoms with Crippen LogP contribution in [0.4, 0.5) is 5.13 Å². The van der Waals surface area contributed by atoms with Gasteiger partial charge in [0, 0.05) is 45.8 Å². The van der Waals surface area contributed by atoms with Crippen LogP contribution in [-0.4, -0.2) is 52.1 Å². The number of hydrogen-bond acceptors (Lipinski definition) is 6. The second kappa shape index (κ2) is 10.1. The number of thiazole rings is 1. The zero-order valence-electron chi connectivity index (χ0n) is 13.0. The number of rotatable bonds is 11. The lowest BCUT2D eigenvalue weighted by molar-refractivity contribution is 0.199. The van der Waals surface area contributed by atoms with E-state index in [0.717, 1.165) is 50.2 Å². The normalized spacial score (nSPS) is 11.2. The standard InChI is InChI=1S/C14H27N3O2S/c1-12(2)10-17(6-8-19-4)14-16-13(11-20-14)9-15-5-7-18-3/h11-12,15H,5-10H2,1-4H3. The van der Waals surface area contributed by atoms with Gasteiger partial charge in [-0.1, -0.05) is 13.8 Å². The largest absolute Gasteiger partial charge is 0.383 e. The van der Waals surface area contributed by atoms with Crippen LogP contribution >= 0.6 is 11.3 Å². The summed E-state index contributed by atoms with van der Waals surface area (Å²) in [4.78, 5) is 7.00. The molecule has 0 atom stereocenters. The van der Waals surface area contributed by atoms with E-state index in [1.54, 1.807) is 25.6 Å². The molecule has 0 radical (unpaired) electrons. The van der Waals surface area contributed by atoms with Crippen LogP contribution in [0, 0.1) is 5.92 Å². The van der Waals surface area contributed by atoms with Gasteiger partial charge in [-0.25, -0.2) is 4.98 Å². The summed E-state index contributed by atoms with van der Waals surface area (Å²) < 4.78 is 10.2. The Morgan fingerprint density at radius 2 is 2.05 bits per heavy atom. The average Bonchev–Trinajstić information content (AvgIpc) is 2.88. The van der Waals surface area contributed by atoms with Crippen LogP contribution in [0.25, 0.3) is 0 Å². The molecule has 0 amide bonds. The van der Waals surface area contributed by atoms with E-state index >= 15 is 0 Å². The van der Waals surface area contributed by atoms with Gasteiger partial charge in [-0.3, -0.25) is 0 Å². The Morgan fingerprint density at radius 1 is 1.30 bits per heavy atom. The van der Waals surface area contributed by atoms with Crippen LogP contribution < -0.4 is 10.2 Å². The lowest BCUT2D eigenvalue weighted by Gasteiger charge is -2.23. The van der Waals surface area contributed by atoms with Gasteiger partial charge in [-0.05, 0) is 5.92 Å². The quantitative estimate of drug-likeness (QED) is 0.633. The van der Waals surface area contributed by atoms with E-state index in [-0.39, 0.29) is 0 Å². The minimum Gasteiger partial charge on any atom is -0.383 e. The molecule has 5 nitrogen and oxygen atoms in total. The van der Waals surface area contributed by atoms with Gasteiger partial charge in [0.15, 0.2) is 5.13 Å². The molecule has 1 rings (SSSR count). The highest BCUT2D eigenvalue weighted by atomic mass is 32.1. The topological polar surface area (TPSA) is 46.6 Å². The molecule has 0 aliphatic rings. The molecule has 20 heavy (non-hydrogen) atoms. The molecular weight excluding hydrogens is 274 g/mol. The van der Waals surface area contributed by atoms with E-state index in [1.807, 2.05) is 0 Å². The summed E-state index contributed by atoms with van der Waals surface area (Å²) in [6.07, 6.45) is 0. The fourth-order valence-electron chi connectivity index (χ4n) is 1.82. The minimum absolute atomic E-state index is 0.610. The minimum atomic E-state index is 0.610. The number of nitrogens with one attached hydrogen (secondary N) is 1. The predicted octanol–water partition coefficient (Wildman–Crippen LogP) is 1.99. The van der Waals surface area contributed by atoms with Crippen LogP contribution in [0.5, 0.6) is 0 Å². The maximum absolute atomic E-state index is 5.18. The SMILES string of the molecule is COCCNCc1csc(N(CCOC)CC(C)C)n1. The molecule has 1 N–H and O–H groups in total. The summed E-state index contributed by atoms with van der Waals surface area (Å²) in [6, 6.07) is 0. The van der Waals surface area contributed by atoms with E-state index in [4.69, 9.17) is 14.5 Å². The summed E-state index contributed by atoms with van der Waals surface area (Å²) in [7, 11) is 3.45. The highest BCUT2D eigenvalue weighted by Gasteiger charge is 2.12. The summed E-state index contributed by atoms with van der Waals surface area (Å²) in [5.41, 5.74) is 1.09. The first-order chi connectivity index (χ1) is 9.67.